The molecule has 1 atom stereocenters. The van der Waals surface area contributed by atoms with Crippen molar-refractivity contribution in [2.45, 2.75) is 26.3 Å². The third-order valence-electron chi connectivity index (χ3n) is 4.23. The van der Waals surface area contributed by atoms with Gasteiger partial charge in [-0.2, -0.15) is 0 Å². The van der Waals surface area contributed by atoms with E-state index in [1.165, 1.54) is 18.9 Å². The zero-order valence-corrected chi connectivity index (χ0v) is 15.5. The molecule has 1 saturated heterocycles. The Hall–Kier alpha value is -2.09. The first kappa shape index (κ1) is 19.2. The molecule has 1 aromatic carbocycles. The number of Topliss-reactive ketones (excluding diaryl/α,β-unsaturated/α-hetero) is 1. The van der Waals surface area contributed by atoms with Gasteiger partial charge in [-0.15, -0.1) is 0 Å². The van der Waals surface area contributed by atoms with Crippen molar-refractivity contribution in [1.82, 2.24) is 4.90 Å². The van der Waals surface area contributed by atoms with Crippen LogP contribution in [0.3, 0.4) is 0 Å². The number of benzene rings is 1. The van der Waals surface area contributed by atoms with Crippen LogP contribution in [-0.4, -0.2) is 62.8 Å². The highest BCUT2D eigenvalue weighted by molar-refractivity contribution is 7.91. The van der Waals surface area contributed by atoms with Crippen LogP contribution in [0.15, 0.2) is 18.2 Å². The molecule has 7 nitrogen and oxygen atoms in total. The number of hydrogen-bond donors (Lipinski definition) is 0. The molecule has 0 aliphatic carbocycles. The van der Waals surface area contributed by atoms with Gasteiger partial charge in [-0.1, -0.05) is 0 Å². The predicted octanol–water partition coefficient (Wildman–Crippen LogP) is 1.31. The Morgan fingerprint density at radius 3 is 2.56 bits per heavy atom. The fourth-order valence-corrected chi connectivity index (χ4v) is 4.65. The zero-order valence-electron chi connectivity index (χ0n) is 14.6. The van der Waals surface area contributed by atoms with Gasteiger partial charge in [0.15, 0.2) is 22.2 Å². The Balaban J connectivity index is 2.09. The van der Waals surface area contributed by atoms with Gasteiger partial charge >= 0.3 is 0 Å². The molecular weight excluding hydrogens is 346 g/mol. The Kier molecular flexibility index (Phi) is 6.05. The topological polar surface area (TPSA) is 90.0 Å². The molecule has 1 aromatic rings. The van der Waals surface area contributed by atoms with E-state index in [9.17, 15) is 18.0 Å². The number of methoxy groups -OCH3 is 1. The lowest BCUT2D eigenvalue weighted by molar-refractivity contribution is -0.135. The van der Waals surface area contributed by atoms with E-state index >= 15 is 0 Å². The van der Waals surface area contributed by atoms with E-state index in [1.54, 1.807) is 25.1 Å². The van der Waals surface area contributed by atoms with Gasteiger partial charge in [0.2, 0.25) is 0 Å². The van der Waals surface area contributed by atoms with Crippen LogP contribution in [0.4, 0.5) is 0 Å². The minimum atomic E-state index is -3.07. The van der Waals surface area contributed by atoms with Crippen LogP contribution >= 0.6 is 0 Å². The predicted molar refractivity (Wildman–Crippen MR) is 92.9 cm³/mol. The Labute approximate surface area is 147 Å². The number of ketones is 1. The summed E-state index contributed by atoms with van der Waals surface area (Å²) in [6.45, 7) is 3.35. The van der Waals surface area contributed by atoms with Crippen LogP contribution < -0.4 is 9.47 Å². The van der Waals surface area contributed by atoms with Gasteiger partial charge in [-0.25, -0.2) is 8.42 Å². The Morgan fingerprint density at radius 2 is 2.04 bits per heavy atom. The van der Waals surface area contributed by atoms with Crippen molar-refractivity contribution in [1.29, 1.82) is 0 Å². The lowest BCUT2D eigenvalue weighted by Crippen LogP contribution is -2.43. The summed E-state index contributed by atoms with van der Waals surface area (Å²) in [5.41, 5.74) is 0.361. The molecule has 2 rings (SSSR count). The Bertz CT molecular complexity index is 758. The van der Waals surface area contributed by atoms with Crippen molar-refractivity contribution in [2.75, 3.05) is 31.8 Å². The quantitative estimate of drug-likeness (QED) is 0.673. The standard InChI is InChI=1S/C17H23NO6S/c1-4-18(13-7-8-25(21,22)11-13)17(20)10-24-16-9-14(23-3)5-6-15(16)12(2)19/h5-6,9,13H,4,7-8,10-11H2,1-3H3/t13-/m0/s1. The van der Waals surface area contributed by atoms with Crippen LogP contribution in [0.1, 0.15) is 30.6 Å². The second-order valence-electron chi connectivity index (χ2n) is 5.94. The second-order valence-corrected chi connectivity index (χ2v) is 8.17. The number of rotatable bonds is 7. The number of hydrogen-bond acceptors (Lipinski definition) is 6. The molecule has 0 spiro atoms. The van der Waals surface area contributed by atoms with E-state index < -0.39 is 9.84 Å². The van der Waals surface area contributed by atoms with E-state index in [0.29, 0.717) is 24.3 Å². The van der Waals surface area contributed by atoms with E-state index in [2.05, 4.69) is 0 Å². The second kappa shape index (κ2) is 7.86. The third-order valence-corrected chi connectivity index (χ3v) is 5.98. The highest BCUT2D eigenvalue weighted by Gasteiger charge is 2.34. The van der Waals surface area contributed by atoms with Gasteiger partial charge in [0, 0.05) is 18.7 Å². The summed E-state index contributed by atoms with van der Waals surface area (Å²) in [7, 11) is -1.58. The fraction of sp³-hybridized carbons (Fsp3) is 0.529. The van der Waals surface area contributed by atoms with Crippen molar-refractivity contribution in [3.8, 4) is 11.5 Å². The number of sulfone groups is 1. The summed E-state index contributed by atoms with van der Waals surface area (Å²) in [6.07, 6.45) is 0.444. The molecule has 0 aromatic heterocycles. The summed E-state index contributed by atoms with van der Waals surface area (Å²) >= 11 is 0. The monoisotopic (exact) mass is 369 g/mol. The molecular formula is C17H23NO6S. The number of amides is 1. The molecule has 1 heterocycles. The van der Waals surface area contributed by atoms with Crippen molar-refractivity contribution >= 4 is 21.5 Å². The van der Waals surface area contributed by atoms with Gasteiger partial charge in [0.05, 0.1) is 24.2 Å². The van der Waals surface area contributed by atoms with Gasteiger partial charge in [-0.05, 0) is 32.4 Å². The van der Waals surface area contributed by atoms with E-state index in [1.807, 2.05) is 0 Å². The summed E-state index contributed by atoms with van der Waals surface area (Å²) in [6, 6.07) is 4.47. The van der Waals surface area contributed by atoms with Gasteiger partial charge in [-0.3, -0.25) is 9.59 Å². The smallest absolute Gasteiger partial charge is 0.260 e. The Morgan fingerprint density at radius 1 is 1.32 bits per heavy atom. The molecule has 0 unspecified atom stereocenters. The average Bonchev–Trinajstić information content (AvgIpc) is 2.92. The molecule has 0 bridgehead atoms. The maximum atomic E-state index is 12.5. The van der Waals surface area contributed by atoms with Crippen LogP contribution in [0.25, 0.3) is 0 Å². The normalized spacial score (nSPS) is 18.6. The maximum absolute atomic E-state index is 12.5. The first-order valence-electron chi connectivity index (χ1n) is 8.09. The third kappa shape index (κ3) is 4.72. The molecule has 0 radical (unpaired) electrons. The fourth-order valence-electron chi connectivity index (χ4n) is 2.92. The van der Waals surface area contributed by atoms with Crippen molar-refractivity contribution < 1.29 is 27.5 Å². The molecule has 1 fully saturated rings. The summed E-state index contributed by atoms with van der Waals surface area (Å²) in [4.78, 5) is 25.7. The zero-order chi connectivity index (χ0) is 18.6. The average molecular weight is 369 g/mol. The molecule has 25 heavy (non-hydrogen) atoms. The van der Waals surface area contributed by atoms with Crippen LogP contribution in [-0.2, 0) is 14.6 Å². The van der Waals surface area contributed by atoms with E-state index in [-0.39, 0.29) is 41.6 Å². The van der Waals surface area contributed by atoms with Gasteiger partial charge < -0.3 is 14.4 Å². The van der Waals surface area contributed by atoms with Crippen LogP contribution in [0, 0.1) is 0 Å². The highest BCUT2D eigenvalue weighted by Crippen LogP contribution is 2.25. The van der Waals surface area contributed by atoms with E-state index in [4.69, 9.17) is 9.47 Å². The number of carbonyl (C=O) groups is 2. The molecule has 1 amide bonds. The molecule has 8 heteroatoms. The largest absolute Gasteiger partial charge is 0.497 e. The SMILES string of the molecule is CCN(C(=O)COc1cc(OC)ccc1C(C)=O)[C@H]1CCS(=O)(=O)C1. The highest BCUT2D eigenvalue weighted by atomic mass is 32.2. The first-order chi connectivity index (χ1) is 11.8. The molecule has 0 N–H and O–H groups in total. The van der Waals surface area contributed by atoms with E-state index in [0.717, 1.165) is 0 Å². The minimum Gasteiger partial charge on any atom is -0.497 e. The summed E-state index contributed by atoms with van der Waals surface area (Å²) in [5, 5.41) is 0. The van der Waals surface area contributed by atoms with Crippen molar-refractivity contribution in [2.24, 2.45) is 0 Å². The molecule has 0 saturated carbocycles. The van der Waals surface area contributed by atoms with Gasteiger partial charge in [0.1, 0.15) is 11.5 Å². The van der Waals surface area contributed by atoms with Crippen LogP contribution in [0.5, 0.6) is 11.5 Å². The number of likely N-dealkylation sites (N-methyl/N-ethyl adjacent to an activating group) is 1. The van der Waals surface area contributed by atoms with Gasteiger partial charge in [0.25, 0.3) is 5.91 Å². The molecule has 138 valence electrons. The summed E-state index contributed by atoms with van der Waals surface area (Å²) in [5.74, 6) is 0.398. The summed E-state index contributed by atoms with van der Waals surface area (Å²) < 4.78 is 33.9. The number of ether oxygens (including phenoxy) is 2. The van der Waals surface area contributed by atoms with Crippen molar-refractivity contribution in [3.63, 3.8) is 0 Å². The first-order valence-corrected chi connectivity index (χ1v) is 9.91. The molecule has 1 aliphatic heterocycles. The lowest BCUT2D eigenvalue weighted by atomic mass is 10.1. The lowest BCUT2D eigenvalue weighted by Gasteiger charge is -2.27. The molecule has 1 aliphatic rings. The minimum absolute atomic E-state index is 0.00949. The number of carbonyl (C=O) groups excluding carboxylic acids is 2. The maximum Gasteiger partial charge on any atom is 0.260 e. The number of nitrogens with zero attached hydrogens (tertiary/aromatic N) is 1. The van der Waals surface area contributed by atoms with Crippen LogP contribution in [0.2, 0.25) is 0 Å². The van der Waals surface area contributed by atoms with Crippen molar-refractivity contribution in [3.05, 3.63) is 23.8 Å².